The van der Waals surface area contributed by atoms with Crippen LogP contribution >= 0.6 is 11.6 Å². The number of hydrogen-bond acceptors (Lipinski definition) is 1. The maximum atomic E-state index is 6.17. The molecular weight excluding hydrogens is 244 g/mol. The molecule has 1 N–H and O–H groups in total. The van der Waals surface area contributed by atoms with Crippen LogP contribution in [0.1, 0.15) is 25.8 Å². The van der Waals surface area contributed by atoms with Gasteiger partial charge in [0, 0.05) is 18.1 Å². The second-order valence-corrected chi connectivity index (χ2v) is 5.07. The SMILES string of the molecule is CCCN(CC)CCc1c[nH]c2c(Cl)cccc12. The van der Waals surface area contributed by atoms with Crippen molar-refractivity contribution in [2.45, 2.75) is 26.7 Å². The Hall–Kier alpha value is -0.990. The monoisotopic (exact) mass is 264 g/mol. The normalized spacial score (nSPS) is 11.6. The van der Waals surface area contributed by atoms with E-state index in [-0.39, 0.29) is 0 Å². The molecule has 0 amide bonds. The molecule has 0 radical (unpaired) electrons. The number of hydrogen-bond donors (Lipinski definition) is 1. The molecule has 3 heteroatoms. The number of nitrogens with zero attached hydrogens (tertiary/aromatic N) is 1. The van der Waals surface area contributed by atoms with Gasteiger partial charge >= 0.3 is 0 Å². The number of para-hydroxylation sites is 1. The van der Waals surface area contributed by atoms with Crippen molar-refractivity contribution in [1.29, 1.82) is 0 Å². The minimum Gasteiger partial charge on any atom is -0.360 e. The molecule has 98 valence electrons. The second-order valence-electron chi connectivity index (χ2n) is 4.66. The molecule has 0 unspecified atom stereocenters. The van der Waals surface area contributed by atoms with E-state index in [1.165, 1.54) is 23.9 Å². The van der Waals surface area contributed by atoms with Gasteiger partial charge in [-0.25, -0.2) is 0 Å². The number of halogens is 1. The van der Waals surface area contributed by atoms with Gasteiger partial charge in [-0.1, -0.05) is 37.6 Å². The first-order valence-electron chi connectivity index (χ1n) is 6.73. The number of rotatable bonds is 6. The molecule has 1 aromatic heterocycles. The standard InChI is InChI=1S/C15H21ClN2/c1-3-9-18(4-2)10-8-12-11-17-15-13(12)6-5-7-14(15)16/h5-7,11,17H,3-4,8-10H2,1-2H3. The number of benzene rings is 1. The molecule has 0 saturated heterocycles. The van der Waals surface area contributed by atoms with Gasteiger partial charge in [0.05, 0.1) is 10.5 Å². The van der Waals surface area contributed by atoms with Crippen LogP contribution < -0.4 is 0 Å². The third-order valence-corrected chi connectivity index (χ3v) is 3.75. The molecule has 2 aromatic rings. The Labute approximate surface area is 114 Å². The fourth-order valence-corrected chi connectivity index (χ4v) is 2.63. The molecule has 1 heterocycles. The highest BCUT2D eigenvalue weighted by molar-refractivity contribution is 6.35. The Kier molecular flexibility index (Phi) is 4.67. The van der Waals surface area contributed by atoms with Gasteiger partial charge in [-0.15, -0.1) is 0 Å². The first kappa shape index (κ1) is 13.4. The number of aromatic nitrogens is 1. The van der Waals surface area contributed by atoms with Crippen molar-refractivity contribution < 1.29 is 0 Å². The summed E-state index contributed by atoms with van der Waals surface area (Å²) in [5.41, 5.74) is 2.43. The van der Waals surface area contributed by atoms with Gasteiger partial charge in [0.25, 0.3) is 0 Å². The minimum atomic E-state index is 0.805. The molecule has 0 aliphatic heterocycles. The Balaban J connectivity index is 2.10. The van der Waals surface area contributed by atoms with Crippen LogP contribution in [0.5, 0.6) is 0 Å². The fraction of sp³-hybridized carbons (Fsp3) is 0.467. The summed E-state index contributed by atoms with van der Waals surface area (Å²) in [5.74, 6) is 0. The van der Waals surface area contributed by atoms with Gasteiger partial charge in [-0.05, 0) is 37.6 Å². The van der Waals surface area contributed by atoms with Crippen LogP contribution in [0.4, 0.5) is 0 Å². The summed E-state index contributed by atoms with van der Waals surface area (Å²) < 4.78 is 0. The van der Waals surface area contributed by atoms with Gasteiger partial charge < -0.3 is 9.88 Å². The molecule has 0 saturated carbocycles. The lowest BCUT2D eigenvalue weighted by atomic mass is 10.1. The van der Waals surface area contributed by atoms with Crippen molar-refractivity contribution in [3.63, 3.8) is 0 Å². The lowest BCUT2D eigenvalue weighted by Gasteiger charge is -2.18. The molecule has 0 aliphatic carbocycles. The van der Waals surface area contributed by atoms with E-state index in [1.807, 2.05) is 12.1 Å². The predicted octanol–water partition coefficient (Wildman–Crippen LogP) is 4.10. The van der Waals surface area contributed by atoms with E-state index in [2.05, 4.69) is 36.0 Å². The number of likely N-dealkylation sites (N-methyl/N-ethyl adjacent to an activating group) is 1. The van der Waals surface area contributed by atoms with Crippen molar-refractivity contribution in [2.24, 2.45) is 0 Å². The van der Waals surface area contributed by atoms with E-state index in [0.29, 0.717) is 0 Å². The first-order chi connectivity index (χ1) is 8.76. The van der Waals surface area contributed by atoms with Gasteiger partial charge in [-0.2, -0.15) is 0 Å². The van der Waals surface area contributed by atoms with Crippen LogP contribution in [0.15, 0.2) is 24.4 Å². The second kappa shape index (κ2) is 6.26. The van der Waals surface area contributed by atoms with Crippen LogP contribution in [0, 0.1) is 0 Å². The Morgan fingerprint density at radius 2 is 2.06 bits per heavy atom. The van der Waals surface area contributed by atoms with Crippen LogP contribution in [0.2, 0.25) is 5.02 Å². The summed E-state index contributed by atoms with van der Waals surface area (Å²) >= 11 is 6.17. The predicted molar refractivity (Wildman–Crippen MR) is 79.4 cm³/mol. The lowest BCUT2D eigenvalue weighted by molar-refractivity contribution is 0.293. The highest BCUT2D eigenvalue weighted by Gasteiger charge is 2.07. The summed E-state index contributed by atoms with van der Waals surface area (Å²) in [4.78, 5) is 5.77. The maximum absolute atomic E-state index is 6.17. The van der Waals surface area contributed by atoms with E-state index in [0.717, 1.165) is 30.0 Å². The minimum absolute atomic E-state index is 0.805. The van der Waals surface area contributed by atoms with Gasteiger partial charge in [0.1, 0.15) is 0 Å². The topological polar surface area (TPSA) is 19.0 Å². The van der Waals surface area contributed by atoms with E-state index in [1.54, 1.807) is 0 Å². The maximum Gasteiger partial charge on any atom is 0.0647 e. The molecule has 2 rings (SSSR count). The zero-order chi connectivity index (χ0) is 13.0. The molecule has 18 heavy (non-hydrogen) atoms. The largest absolute Gasteiger partial charge is 0.360 e. The zero-order valence-electron chi connectivity index (χ0n) is 11.2. The van der Waals surface area contributed by atoms with Crippen molar-refractivity contribution in [1.82, 2.24) is 9.88 Å². The Bertz CT molecular complexity index is 504. The van der Waals surface area contributed by atoms with Crippen molar-refractivity contribution in [3.8, 4) is 0 Å². The number of nitrogens with one attached hydrogen (secondary N) is 1. The van der Waals surface area contributed by atoms with E-state index < -0.39 is 0 Å². The van der Waals surface area contributed by atoms with Crippen LogP contribution in [-0.2, 0) is 6.42 Å². The quantitative estimate of drug-likeness (QED) is 0.832. The lowest BCUT2D eigenvalue weighted by Crippen LogP contribution is -2.26. The molecule has 0 aliphatic rings. The molecular formula is C15H21ClN2. The summed E-state index contributed by atoms with van der Waals surface area (Å²) in [7, 11) is 0. The molecule has 0 bridgehead atoms. The van der Waals surface area contributed by atoms with Crippen molar-refractivity contribution in [2.75, 3.05) is 19.6 Å². The van der Waals surface area contributed by atoms with Gasteiger partial charge in [-0.3, -0.25) is 0 Å². The molecule has 0 spiro atoms. The van der Waals surface area contributed by atoms with Crippen LogP contribution in [0.25, 0.3) is 10.9 Å². The number of fused-ring (bicyclic) bond motifs is 1. The number of H-pyrrole nitrogens is 1. The Morgan fingerprint density at radius 1 is 1.22 bits per heavy atom. The highest BCUT2D eigenvalue weighted by atomic mass is 35.5. The highest BCUT2D eigenvalue weighted by Crippen LogP contribution is 2.25. The van der Waals surface area contributed by atoms with E-state index in [9.17, 15) is 0 Å². The molecule has 0 fully saturated rings. The van der Waals surface area contributed by atoms with Crippen LogP contribution in [-0.4, -0.2) is 29.5 Å². The van der Waals surface area contributed by atoms with Gasteiger partial charge in [0.2, 0.25) is 0 Å². The zero-order valence-corrected chi connectivity index (χ0v) is 11.9. The van der Waals surface area contributed by atoms with Crippen molar-refractivity contribution >= 4 is 22.5 Å². The molecule has 2 nitrogen and oxygen atoms in total. The molecule has 0 atom stereocenters. The smallest absolute Gasteiger partial charge is 0.0647 e. The summed E-state index contributed by atoms with van der Waals surface area (Å²) in [5, 5.41) is 2.06. The Morgan fingerprint density at radius 3 is 2.78 bits per heavy atom. The summed E-state index contributed by atoms with van der Waals surface area (Å²) in [6.07, 6.45) is 4.39. The van der Waals surface area contributed by atoms with Crippen LogP contribution in [0.3, 0.4) is 0 Å². The molecule has 1 aromatic carbocycles. The number of aromatic amines is 1. The van der Waals surface area contributed by atoms with Crippen molar-refractivity contribution in [3.05, 3.63) is 35.0 Å². The average molecular weight is 265 g/mol. The third kappa shape index (κ3) is 2.88. The third-order valence-electron chi connectivity index (χ3n) is 3.43. The summed E-state index contributed by atoms with van der Waals surface area (Å²) in [6.45, 7) is 7.87. The summed E-state index contributed by atoms with van der Waals surface area (Å²) in [6, 6.07) is 6.09. The first-order valence-corrected chi connectivity index (χ1v) is 7.10. The van der Waals surface area contributed by atoms with E-state index in [4.69, 9.17) is 11.6 Å². The average Bonchev–Trinajstić information content (AvgIpc) is 2.79. The van der Waals surface area contributed by atoms with E-state index >= 15 is 0 Å². The van der Waals surface area contributed by atoms with Gasteiger partial charge in [0.15, 0.2) is 0 Å². The fourth-order valence-electron chi connectivity index (χ4n) is 2.41.